The molecule has 1 aromatic heterocycles. The van der Waals surface area contributed by atoms with Crippen molar-refractivity contribution >= 4 is 17.5 Å². The molecule has 6 heteroatoms. The van der Waals surface area contributed by atoms with E-state index >= 15 is 0 Å². The summed E-state index contributed by atoms with van der Waals surface area (Å²) in [6.45, 7) is 0. The lowest BCUT2D eigenvalue weighted by Crippen LogP contribution is -2.44. The third-order valence-electron chi connectivity index (χ3n) is 6.16. The Morgan fingerprint density at radius 3 is 2.45 bits per heavy atom. The maximum absolute atomic E-state index is 13.8. The molecule has 0 aliphatic carbocycles. The summed E-state index contributed by atoms with van der Waals surface area (Å²) in [7, 11) is 0. The number of halogens is 1. The van der Waals surface area contributed by atoms with Crippen molar-refractivity contribution in [3.8, 4) is 12.1 Å². The number of benzene rings is 2. The third kappa shape index (κ3) is 2.62. The predicted molar refractivity (Wildman–Crippen MR) is 111 cm³/mol. The van der Waals surface area contributed by atoms with Crippen LogP contribution in [0.25, 0.3) is 6.08 Å². The van der Waals surface area contributed by atoms with Gasteiger partial charge in [0.15, 0.2) is 11.2 Å². The van der Waals surface area contributed by atoms with E-state index in [9.17, 15) is 19.7 Å². The number of anilines is 1. The molecule has 150 valence electrons. The first-order chi connectivity index (χ1) is 15.1. The zero-order valence-electron chi connectivity index (χ0n) is 16.3. The van der Waals surface area contributed by atoms with Crippen molar-refractivity contribution in [2.45, 2.75) is 18.0 Å². The number of furan rings is 1. The molecule has 3 heterocycles. The molecule has 1 saturated heterocycles. The van der Waals surface area contributed by atoms with E-state index in [-0.39, 0.29) is 5.78 Å². The van der Waals surface area contributed by atoms with Gasteiger partial charge in [-0.25, -0.2) is 4.39 Å². The van der Waals surface area contributed by atoms with Crippen LogP contribution >= 0.6 is 0 Å². The van der Waals surface area contributed by atoms with E-state index in [4.69, 9.17) is 4.42 Å². The second-order valence-corrected chi connectivity index (χ2v) is 7.67. The van der Waals surface area contributed by atoms with Gasteiger partial charge < -0.3 is 9.32 Å². The Morgan fingerprint density at radius 1 is 1.03 bits per heavy atom. The monoisotopic (exact) mass is 409 g/mol. The number of carbonyl (C=O) groups is 1. The number of hydrogen-bond acceptors (Lipinski definition) is 5. The largest absolute Gasteiger partial charge is 0.469 e. The summed E-state index contributed by atoms with van der Waals surface area (Å²) in [5.74, 6) is -1.19. The van der Waals surface area contributed by atoms with Crippen LogP contribution in [-0.4, -0.2) is 17.9 Å². The normalized spacial score (nSPS) is 22.8. The lowest BCUT2D eigenvalue weighted by Gasteiger charge is -2.35. The molecule has 2 aliphatic rings. The van der Waals surface area contributed by atoms with Crippen LogP contribution in [0.2, 0.25) is 0 Å². The van der Waals surface area contributed by atoms with Crippen molar-refractivity contribution in [1.82, 2.24) is 0 Å². The molecule has 0 unspecified atom stereocenters. The van der Waals surface area contributed by atoms with Crippen molar-refractivity contribution < 1.29 is 13.6 Å². The van der Waals surface area contributed by atoms with E-state index in [2.05, 4.69) is 12.1 Å². The number of hydrogen-bond donors (Lipinski definition) is 0. The molecule has 5 rings (SSSR count). The lowest BCUT2D eigenvalue weighted by atomic mass is 9.71. The van der Waals surface area contributed by atoms with Gasteiger partial charge in [-0.1, -0.05) is 30.4 Å². The molecule has 2 aromatic carbocycles. The minimum absolute atomic E-state index is 0.302. The van der Waals surface area contributed by atoms with Crippen LogP contribution in [0.1, 0.15) is 27.6 Å². The van der Waals surface area contributed by atoms with Crippen molar-refractivity contribution in [2.75, 3.05) is 4.90 Å². The van der Waals surface area contributed by atoms with Gasteiger partial charge in [-0.05, 0) is 48.0 Å². The summed E-state index contributed by atoms with van der Waals surface area (Å²) >= 11 is 0. The standard InChI is InChI=1S/C25H16FN3O2/c26-18-10-7-17(8-11-18)24(30)23-22(20-6-3-13-31-20)25(14-27,15-28)21-12-9-16-4-1-2-5-19(16)29(21)23/h1-13,21-23H/t21-,22-,23+/m1/s1. The first-order valence-electron chi connectivity index (χ1n) is 9.82. The topological polar surface area (TPSA) is 81.0 Å². The van der Waals surface area contributed by atoms with Crippen molar-refractivity contribution in [3.63, 3.8) is 0 Å². The smallest absolute Gasteiger partial charge is 0.186 e. The van der Waals surface area contributed by atoms with E-state index < -0.39 is 29.2 Å². The average Bonchev–Trinajstić information content (AvgIpc) is 3.43. The van der Waals surface area contributed by atoms with E-state index in [0.29, 0.717) is 11.3 Å². The molecule has 0 radical (unpaired) electrons. The number of rotatable bonds is 3. The Hall–Kier alpha value is -4.16. The molecule has 1 fully saturated rings. The molecule has 5 nitrogen and oxygen atoms in total. The van der Waals surface area contributed by atoms with Gasteiger partial charge in [0.1, 0.15) is 17.6 Å². The molecule has 3 atom stereocenters. The van der Waals surface area contributed by atoms with Gasteiger partial charge in [0.2, 0.25) is 0 Å². The molecule has 0 amide bonds. The third-order valence-corrected chi connectivity index (χ3v) is 6.16. The van der Waals surface area contributed by atoms with E-state index in [1.54, 1.807) is 12.1 Å². The van der Waals surface area contributed by atoms with Crippen LogP contribution in [0.3, 0.4) is 0 Å². The van der Waals surface area contributed by atoms with Gasteiger partial charge in [0.25, 0.3) is 0 Å². The minimum atomic E-state index is -1.55. The van der Waals surface area contributed by atoms with Crippen molar-refractivity contribution in [2.24, 2.45) is 5.41 Å². The highest BCUT2D eigenvalue weighted by atomic mass is 19.1. The number of carbonyl (C=O) groups excluding carboxylic acids is 1. The van der Waals surface area contributed by atoms with Gasteiger partial charge >= 0.3 is 0 Å². The highest BCUT2D eigenvalue weighted by Gasteiger charge is 2.64. The summed E-state index contributed by atoms with van der Waals surface area (Å²) in [5, 5.41) is 20.5. The van der Waals surface area contributed by atoms with Gasteiger partial charge in [-0.2, -0.15) is 10.5 Å². The molecule has 0 spiro atoms. The van der Waals surface area contributed by atoms with Crippen LogP contribution in [0.4, 0.5) is 10.1 Å². The maximum Gasteiger partial charge on any atom is 0.186 e. The number of nitriles is 2. The Labute approximate surface area is 178 Å². The highest BCUT2D eigenvalue weighted by molar-refractivity contribution is 6.04. The first-order valence-corrected chi connectivity index (χ1v) is 9.82. The fourth-order valence-electron chi connectivity index (χ4n) is 4.80. The van der Waals surface area contributed by atoms with Gasteiger partial charge in [0.05, 0.1) is 30.4 Å². The molecular weight excluding hydrogens is 393 g/mol. The fourth-order valence-corrected chi connectivity index (χ4v) is 4.80. The van der Waals surface area contributed by atoms with Crippen LogP contribution < -0.4 is 4.90 Å². The second kappa shape index (κ2) is 6.97. The highest BCUT2D eigenvalue weighted by Crippen LogP contribution is 2.55. The number of para-hydroxylation sites is 1. The van der Waals surface area contributed by atoms with Crippen LogP contribution in [0.5, 0.6) is 0 Å². The quantitative estimate of drug-likeness (QED) is 0.586. The van der Waals surface area contributed by atoms with Crippen LogP contribution in [-0.2, 0) is 0 Å². The fraction of sp³-hybridized carbons (Fsp3) is 0.160. The van der Waals surface area contributed by atoms with Gasteiger partial charge in [0, 0.05) is 11.3 Å². The number of Topliss-reactive ketones (excluding diaryl/α,β-unsaturated/α-hetero) is 1. The van der Waals surface area contributed by atoms with Crippen LogP contribution in [0, 0.1) is 33.9 Å². The van der Waals surface area contributed by atoms with Gasteiger partial charge in [-0.3, -0.25) is 4.79 Å². The van der Waals surface area contributed by atoms with Crippen LogP contribution in [0.15, 0.2) is 77.4 Å². The Balaban J connectivity index is 1.77. The molecule has 0 N–H and O–H groups in total. The number of nitrogens with zero attached hydrogens (tertiary/aromatic N) is 3. The summed E-state index contributed by atoms with van der Waals surface area (Å²) in [5.41, 5.74) is 0.405. The summed E-state index contributed by atoms with van der Waals surface area (Å²) in [6.07, 6.45) is 5.15. The minimum Gasteiger partial charge on any atom is -0.469 e. The maximum atomic E-state index is 13.8. The molecule has 31 heavy (non-hydrogen) atoms. The van der Waals surface area contributed by atoms with E-state index in [1.807, 2.05) is 41.3 Å². The van der Waals surface area contributed by atoms with Crippen molar-refractivity contribution in [1.29, 1.82) is 10.5 Å². The Kier molecular flexibility index (Phi) is 4.23. The summed E-state index contributed by atoms with van der Waals surface area (Å²) in [6, 6.07) is 19.1. The zero-order valence-corrected chi connectivity index (χ0v) is 16.3. The van der Waals surface area contributed by atoms with Gasteiger partial charge in [-0.15, -0.1) is 0 Å². The first kappa shape index (κ1) is 18.8. The molecule has 3 aromatic rings. The Bertz CT molecular complexity index is 1250. The molecule has 2 aliphatic heterocycles. The molecule has 0 saturated carbocycles. The second-order valence-electron chi connectivity index (χ2n) is 7.67. The lowest BCUT2D eigenvalue weighted by molar-refractivity contribution is 0.0946. The SMILES string of the molecule is N#CC1(C#N)[C@H](c2ccco2)[C@@H](C(=O)c2ccc(F)cc2)N2c3ccccc3C=C[C@@H]21. The molecule has 0 bridgehead atoms. The average molecular weight is 409 g/mol. The summed E-state index contributed by atoms with van der Waals surface area (Å²) in [4.78, 5) is 15.6. The zero-order chi connectivity index (χ0) is 21.6. The van der Waals surface area contributed by atoms with E-state index in [1.165, 1.54) is 30.5 Å². The predicted octanol–water partition coefficient (Wildman–Crippen LogP) is 4.70. The van der Waals surface area contributed by atoms with Crippen molar-refractivity contribution in [3.05, 3.63) is 95.7 Å². The van der Waals surface area contributed by atoms with E-state index in [0.717, 1.165) is 11.3 Å². The summed E-state index contributed by atoms with van der Waals surface area (Å²) < 4.78 is 19.1. The Morgan fingerprint density at radius 2 is 1.77 bits per heavy atom. The number of fused-ring (bicyclic) bond motifs is 3. The number of ketones is 1. The molecular formula is C25H16FN3O2.